The largest absolute Gasteiger partial charge is 0.279 e. The van der Waals surface area contributed by atoms with E-state index in [1.165, 1.54) is 4.31 Å². The lowest BCUT2D eigenvalue weighted by Gasteiger charge is -2.25. The molecule has 0 aromatic carbocycles. The molecule has 0 radical (unpaired) electrons. The summed E-state index contributed by atoms with van der Waals surface area (Å²) in [5, 5.41) is 0. The molecule has 0 atom stereocenters. The third-order valence-corrected chi connectivity index (χ3v) is 4.44. The molecule has 1 N–H and O–H groups in total. The van der Waals surface area contributed by atoms with Crippen LogP contribution in [-0.2, 0) is 15.6 Å². The molecule has 0 amide bonds. The van der Waals surface area contributed by atoms with Gasteiger partial charge in [0.25, 0.3) is 10.2 Å². The first-order valence-corrected chi connectivity index (χ1v) is 7.01. The standard InChI is InChI=1S/C11H17N3O2S/c1-11(2,10-4-3-5-12-8-10)9-13-17(15,16)14-6-7-14/h3-5,8,13H,6-7,9H2,1-2H3. The summed E-state index contributed by atoms with van der Waals surface area (Å²) in [5.41, 5.74) is 0.755. The summed E-state index contributed by atoms with van der Waals surface area (Å²) in [6, 6.07) is 3.81. The SMILES string of the molecule is CC(C)(CNS(=O)(=O)N1CC1)c1cccnc1. The molecule has 17 heavy (non-hydrogen) atoms. The summed E-state index contributed by atoms with van der Waals surface area (Å²) < 4.78 is 27.4. The molecule has 1 aliphatic heterocycles. The van der Waals surface area contributed by atoms with Crippen molar-refractivity contribution >= 4 is 10.2 Å². The molecule has 94 valence electrons. The molecule has 2 heterocycles. The predicted octanol–water partition coefficient (Wildman–Crippen LogP) is 0.509. The van der Waals surface area contributed by atoms with Crippen LogP contribution in [0, 0.1) is 0 Å². The molecule has 0 bridgehead atoms. The highest BCUT2D eigenvalue weighted by molar-refractivity contribution is 7.87. The quantitative estimate of drug-likeness (QED) is 0.780. The minimum atomic E-state index is -3.27. The van der Waals surface area contributed by atoms with Gasteiger partial charge in [-0.25, -0.2) is 4.72 Å². The van der Waals surface area contributed by atoms with Crippen molar-refractivity contribution in [1.29, 1.82) is 0 Å². The number of nitrogens with zero attached hydrogens (tertiary/aromatic N) is 2. The number of aromatic nitrogens is 1. The summed E-state index contributed by atoms with van der Waals surface area (Å²) in [6.07, 6.45) is 3.48. The van der Waals surface area contributed by atoms with Crippen LogP contribution in [0.25, 0.3) is 0 Å². The summed E-state index contributed by atoms with van der Waals surface area (Å²) in [6.45, 7) is 5.62. The van der Waals surface area contributed by atoms with Crippen LogP contribution in [0.3, 0.4) is 0 Å². The predicted molar refractivity (Wildman–Crippen MR) is 65.8 cm³/mol. The highest BCUT2D eigenvalue weighted by Gasteiger charge is 2.33. The van der Waals surface area contributed by atoms with Crippen molar-refractivity contribution in [2.24, 2.45) is 0 Å². The second-order valence-corrected chi connectivity index (χ2v) is 6.61. The Labute approximate surface area is 102 Å². The van der Waals surface area contributed by atoms with E-state index in [0.717, 1.165) is 5.56 Å². The highest BCUT2D eigenvalue weighted by atomic mass is 32.2. The van der Waals surface area contributed by atoms with E-state index in [4.69, 9.17) is 0 Å². The van der Waals surface area contributed by atoms with Gasteiger partial charge in [-0.2, -0.15) is 12.7 Å². The molecule has 1 aromatic rings. The summed E-state index contributed by atoms with van der Waals surface area (Å²) >= 11 is 0. The van der Waals surface area contributed by atoms with Gasteiger partial charge in [0, 0.05) is 37.4 Å². The van der Waals surface area contributed by atoms with Crippen molar-refractivity contribution in [3.05, 3.63) is 30.1 Å². The van der Waals surface area contributed by atoms with Gasteiger partial charge in [-0.15, -0.1) is 0 Å². The maximum absolute atomic E-state index is 11.7. The Bertz CT molecular complexity index is 481. The van der Waals surface area contributed by atoms with E-state index in [9.17, 15) is 8.42 Å². The molecule has 1 aromatic heterocycles. The monoisotopic (exact) mass is 255 g/mol. The fraction of sp³-hybridized carbons (Fsp3) is 0.545. The van der Waals surface area contributed by atoms with E-state index < -0.39 is 10.2 Å². The van der Waals surface area contributed by atoms with E-state index in [0.29, 0.717) is 19.6 Å². The molecule has 0 unspecified atom stereocenters. The van der Waals surface area contributed by atoms with Crippen LogP contribution in [0.4, 0.5) is 0 Å². The minimum Gasteiger partial charge on any atom is -0.264 e. The first-order valence-electron chi connectivity index (χ1n) is 5.57. The number of rotatable bonds is 5. The van der Waals surface area contributed by atoms with Gasteiger partial charge in [0.2, 0.25) is 0 Å². The zero-order valence-electron chi connectivity index (χ0n) is 10.0. The maximum atomic E-state index is 11.7. The van der Waals surface area contributed by atoms with Gasteiger partial charge in [-0.05, 0) is 11.6 Å². The number of hydrogen-bond donors (Lipinski definition) is 1. The number of hydrogen-bond acceptors (Lipinski definition) is 3. The summed E-state index contributed by atoms with van der Waals surface area (Å²) in [7, 11) is -3.27. The second kappa shape index (κ2) is 4.36. The minimum absolute atomic E-state index is 0.267. The van der Waals surface area contributed by atoms with E-state index >= 15 is 0 Å². The molecule has 6 heteroatoms. The number of nitrogens with one attached hydrogen (secondary N) is 1. The molecule has 0 saturated carbocycles. The molecular weight excluding hydrogens is 238 g/mol. The van der Waals surface area contributed by atoms with Gasteiger partial charge in [0.15, 0.2) is 0 Å². The molecule has 2 rings (SSSR count). The van der Waals surface area contributed by atoms with Gasteiger partial charge in [0.1, 0.15) is 0 Å². The lowest BCUT2D eigenvalue weighted by molar-refractivity contribution is 0.487. The fourth-order valence-corrected chi connectivity index (χ4v) is 2.80. The van der Waals surface area contributed by atoms with Crippen LogP contribution < -0.4 is 4.72 Å². The molecule has 1 aliphatic rings. The summed E-state index contributed by atoms with van der Waals surface area (Å²) in [5.74, 6) is 0. The highest BCUT2D eigenvalue weighted by Crippen LogP contribution is 2.22. The molecule has 0 spiro atoms. The second-order valence-electron chi connectivity index (χ2n) is 4.85. The Hall–Kier alpha value is -0.980. The molecule has 1 fully saturated rings. The van der Waals surface area contributed by atoms with Gasteiger partial charge in [-0.1, -0.05) is 19.9 Å². The molecule has 5 nitrogen and oxygen atoms in total. The van der Waals surface area contributed by atoms with Crippen LogP contribution in [0.15, 0.2) is 24.5 Å². The zero-order chi connectivity index (χ0) is 12.5. The van der Waals surface area contributed by atoms with E-state index in [1.807, 2.05) is 26.0 Å². The maximum Gasteiger partial charge on any atom is 0.279 e. The van der Waals surface area contributed by atoms with Crippen molar-refractivity contribution in [2.75, 3.05) is 19.6 Å². The Morgan fingerprint density at radius 1 is 1.47 bits per heavy atom. The van der Waals surface area contributed by atoms with Crippen molar-refractivity contribution in [3.8, 4) is 0 Å². The molecule has 1 saturated heterocycles. The third kappa shape index (κ3) is 3.02. The van der Waals surface area contributed by atoms with Crippen molar-refractivity contribution < 1.29 is 8.42 Å². The molecular formula is C11H17N3O2S. The van der Waals surface area contributed by atoms with Gasteiger partial charge >= 0.3 is 0 Å². The van der Waals surface area contributed by atoms with Crippen LogP contribution in [0.1, 0.15) is 19.4 Å². The Balaban J connectivity index is 2.03. The van der Waals surface area contributed by atoms with Gasteiger partial charge < -0.3 is 0 Å². The summed E-state index contributed by atoms with van der Waals surface area (Å²) in [4.78, 5) is 4.06. The van der Waals surface area contributed by atoms with Crippen LogP contribution in [0.5, 0.6) is 0 Å². The topological polar surface area (TPSA) is 62.1 Å². The molecule has 0 aliphatic carbocycles. The van der Waals surface area contributed by atoms with E-state index in [1.54, 1.807) is 12.4 Å². The Morgan fingerprint density at radius 2 is 2.18 bits per heavy atom. The smallest absolute Gasteiger partial charge is 0.264 e. The Kier molecular flexibility index (Phi) is 3.20. The van der Waals surface area contributed by atoms with Crippen molar-refractivity contribution in [1.82, 2.24) is 14.0 Å². The third-order valence-electron chi connectivity index (χ3n) is 2.89. The van der Waals surface area contributed by atoms with Crippen LogP contribution in [-0.4, -0.2) is 37.3 Å². The first-order chi connectivity index (χ1) is 7.92. The van der Waals surface area contributed by atoms with Crippen molar-refractivity contribution in [3.63, 3.8) is 0 Å². The van der Waals surface area contributed by atoms with E-state index in [-0.39, 0.29) is 5.41 Å². The fourth-order valence-electron chi connectivity index (χ4n) is 1.51. The average molecular weight is 255 g/mol. The van der Waals surface area contributed by atoms with Crippen molar-refractivity contribution in [2.45, 2.75) is 19.3 Å². The Morgan fingerprint density at radius 3 is 2.71 bits per heavy atom. The van der Waals surface area contributed by atoms with Crippen LogP contribution >= 0.6 is 0 Å². The van der Waals surface area contributed by atoms with E-state index in [2.05, 4.69) is 9.71 Å². The lowest BCUT2D eigenvalue weighted by Crippen LogP contribution is -2.39. The zero-order valence-corrected chi connectivity index (χ0v) is 10.9. The first kappa shape index (κ1) is 12.5. The normalized spacial score (nSPS) is 17.1. The lowest BCUT2D eigenvalue weighted by atomic mass is 9.86. The number of pyridine rings is 1. The van der Waals surface area contributed by atoms with Gasteiger partial charge in [-0.3, -0.25) is 4.98 Å². The average Bonchev–Trinajstić information content (AvgIpc) is 3.12. The van der Waals surface area contributed by atoms with Gasteiger partial charge in [0.05, 0.1) is 0 Å². The van der Waals surface area contributed by atoms with Crippen LogP contribution in [0.2, 0.25) is 0 Å².